The Morgan fingerprint density at radius 1 is 1.50 bits per heavy atom. The molecule has 0 aliphatic heterocycles. The van der Waals surface area contributed by atoms with Crippen LogP contribution in [0.4, 0.5) is 8.78 Å². The second kappa shape index (κ2) is 6.34. The largest absolute Gasteiger partial charge is 0.492 e. The van der Waals surface area contributed by atoms with Gasteiger partial charge in [-0.05, 0) is 18.1 Å². The van der Waals surface area contributed by atoms with Gasteiger partial charge in [0.2, 0.25) is 0 Å². The number of ether oxygens (including phenoxy) is 1. The molecular weight excluding hydrogens is 216 g/mol. The van der Waals surface area contributed by atoms with Crippen molar-refractivity contribution in [3.05, 3.63) is 24.0 Å². The SMILES string of the molecule is CCCOc1cncc(C(NN)C(F)F)c1. The third kappa shape index (κ3) is 3.39. The predicted molar refractivity (Wildman–Crippen MR) is 56.1 cm³/mol. The van der Waals surface area contributed by atoms with Gasteiger partial charge < -0.3 is 4.74 Å². The number of rotatable bonds is 6. The highest BCUT2D eigenvalue weighted by Crippen LogP contribution is 2.22. The van der Waals surface area contributed by atoms with Crippen molar-refractivity contribution >= 4 is 0 Å². The quantitative estimate of drug-likeness (QED) is 0.577. The van der Waals surface area contributed by atoms with Crippen molar-refractivity contribution in [2.75, 3.05) is 6.61 Å². The molecule has 0 aromatic carbocycles. The van der Waals surface area contributed by atoms with E-state index >= 15 is 0 Å². The lowest BCUT2D eigenvalue weighted by atomic mass is 10.1. The lowest BCUT2D eigenvalue weighted by Gasteiger charge is -2.15. The zero-order valence-corrected chi connectivity index (χ0v) is 8.99. The third-order valence-corrected chi connectivity index (χ3v) is 2.00. The van der Waals surface area contributed by atoms with Gasteiger partial charge in [-0.1, -0.05) is 6.92 Å². The lowest BCUT2D eigenvalue weighted by molar-refractivity contribution is 0.0983. The Hall–Kier alpha value is -1.27. The highest BCUT2D eigenvalue weighted by molar-refractivity contribution is 5.26. The summed E-state index contributed by atoms with van der Waals surface area (Å²) in [4.78, 5) is 3.83. The average molecular weight is 231 g/mol. The second-order valence-corrected chi connectivity index (χ2v) is 3.28. The molecule has 0 radical (unpaired) electrons. The van der Waals surface area contributed by atoms with Gasteiger partial charge in [0.1, 0.15) is 11.8 Å². The Balaban J connectivity index is 2.79. The van der Waals surface area contributed by atoms with E-state index in [1.165, 1.54) is 18.5 Å². The van der Waals surface area contributed by atoms with Crippen LogP contribution >= 0.6 is 0 Å². The minimum atomic E-state index is -2.59. The second-order valence-electron chi connectivity index (χ2n) is 3.28. The fourth-order valence-corrected chi connectivity index (χ4v) is 1.22. The van der Waals surface area contributed by atoms with Gasteiger partial charge >= 0.3 is 0 Å². The fourth-order valence-electron chi connectivity index (χ4n) is 1.22. The standard InChI is InChI=1S/C10H15F2N3O/c1-2-3-16-8-4-7(5-14-6-8)9(15-13)10(11)12/h4-6,9-10,15H,2-3,13H2,1H3. The summed E-state index contributed by atoms with van der Waals surface area (Å²) in [7, 11) is 0. The number of nitrogens with one attached hydrogen (secondary N) is 1. The summed E-state index contributed by atoms with van der Waals surface area (Å²) in [6, 6.07) is 0.289. The Bertz CT molecular complexity index is 323. The van der Waals surface area contributed by atoms with Crippen molar-refractivity contribution in [1.82, 2.24) is 10.4 Å². The summed E-state index contributed by atoms with van der Waals surface area (Å²) in [5, 5.41) is 0. The van der Waals surface area contributed by atoms with Gasteiger partial charge in [0.25, 0.3) is 6.43 Å². The molecular formula is C10H15F2N3O. The van der Waals surface area contributed by atoms with Crippen LogP contribution in [0.3, 0.4) is 0 Å². The number of hydrogen-bond acceptors (Lipinski definition) is 4. The molecule has 3 N–H and O–H groups in total. The van der Waals surface area contributed by atoms with Crippen molar-refractivity contribution in [1.29, 1.82) is 0 Å². The number of nitrogens with two attached hydrogens (primary N) is 1. The molecule has 0 saturated heterocycles. The molecule has 1 aromatic heterocycles. The lowest BCUT2D eigenvalue weighted by Crippen LogP contribution is -2.33. The molecule has 1 atom stereocenters. The van der Waals surface area contributed by atoms with Crippen molar-refractivity contribution < 1.29 is 13.5 Å². The highest BCUT2D eigenvalue weighted by Gasteiger charge is 2.21. The number of pyridine rings is 1. The molecule has 1 rings (SSSR count). The van der Waals surface area contributed by atoms with Crippen LogP contribution in [0, 0.1) is 0 Å². The van der Waals surface area contributed by atoms with Gasteiger partial charge in [0.05, 0.1) is 12.8 Å². The molecule has 1 heterocycles. The van der Waals surface area contributed by atoms with E-state index in [2.05, 4.69) is 10.4 Å². The molecule has 4 nitrogen and oxygen atoms in total. The Kier molecular flexibility index (Phi) is 5.07. The number of hydrogen-bond donors (Lipinski definition) is 2. The molecule has 16 heavy (non-hydrogen) atoms. The zero-order chi connectivity index (χ0) is 12.0. The van der Waals surface area contributed by atoms with Gasteiger partial charge in [0, 0.05) is 6.20 Å². The van der Waals surface area contributed by atoms with Crippen molar-refractivity contribution in [3.8, 4) is 5.75 Å². The van der Waals surface area contributed by atoms with Gasteiger partial charge in [-0.3, -0.25) is 10.8 Å². The number of halogens is 2. The number of alkyl halides is 2. The van der Waals surface area contributed by atoms with E-state index < -0.39 is 12.5 Å². The summed E-state index contributed by atoms with van der Waals surface area (Å²) in [5.74, 6) is 5.53. The van der Waals surface area contributed by atoms with Crippen LogP contribution < -0.4 is 16.0 Å². The summed E-state index contributed by atoms with van der Waals surface area (Å²) >= 11 is 0. The van der Waals surface area contributed by atoms with E-state index in [1.54, 1.807) is 0 Å². The number of nitrogens with zero attached hydrogens (tertiary/aromatic N) is 1. The van der Waals surface area contributed by atoms with Gasteiger partial charge in [-0.2, -0.15) is 0 Å². The molecule has 1 aromatic rings. The van der Waals surface area contributed by atoms with Crippen LogP contribution in [0.15, 0.2) is 18.5 Å². The molecule has 90 valence electrons. The smallest absolute Gasteiger partial charge is 0.259 e. The molecule has 0 saturated carbocycles. The monoisotopic (exact) mass is 231 g/mol. The molecule has 0 amide bonds. The fraction of sp³-hybridized carbons (Fsp3) is 0.500. The summed E-state index contributed by atoms with van der Waals surface area (Å²) in [5.41, 5.74) is 2.37. The molecule has 0 aliphatic carbocycles. The van der Waals surface area contributed by atoms with Crippen LogP contribution in [0.1, 0.15) is 24.9 Å². The maximum absolute atomic E-state index is 12.6. The van der Waals surface area contributed by atoms with Crippen molar-refractivity contribution in [2.45, 2.75) is 25.8 Å². The first-order chi connectivity index (χ1) is 7.69. The molecule has 6 heteroatoms. The first-order valence-electron chi connectivity index (χ1n) is 5.01. The van der Waals surface area contributed by atoms with E-state index in [4.69, 9.17) is 10.6 Å². The minimum absolute atomic E-state index is 0.311. The number of hydrazine groups is 1. The number of aromatic nitrogens is 1. The normalized spacial score (nSPS) is 12.8. The van der Waals surface area contributed by atoms with E-state index in [1.807, 2.05) is 6.92 Å². The highest BCUT2D eigenvalue weighted by atomic mass is 19.3. The summed E-state index contributed by atoms with van der Waals surface area (Å²) in [6.07, 6.45) is 1.08. The Morgan fingerprint density at radius 3 is 2.81 bits per heavy atom. The Morgan fingerprint density at radius 2 is 2.25 bits per heavy atom. The minimum Gasteiger partial charge on any atom is -0.492 e. The summed E-state index contributed by atoms with van der Waals surface area (Å²) < 4.78 is 30.4. The first-order valence-corrected chi connectivity index (χ1v) is 5.01. The van der Waals surface area contributed by atoms with E-state index in [-0.39, 0.29) is 0 Å². The molecule has 0 spiro atoms. The van der Waals surface area contributed by atoms with Crippen LogP contribution in [0.2, 0.25) is 0 Å². The molecule has 0 fully saturated rings. The zero-order valence-electron chi connectivity index (χ0n) is 8.99. The van der Waals surface area contributed by atoms with E-state index in [0.29, 0.717) is 17.9 Å². The van der Waals surface area contributed by atoms with Crippen LogP contribution in [0.25, 0.3) is 0 Å². The average Bonchev–Trinajstić information content (AvgIpc) is 2.27. The first kappa shape index (κ1) is 12.8. The molecule has 0 aliphatic rings. The topological polar surface area (TPSA) is 60.2 Å². The molecule has 0 bridgehead atoms. The Labute approximate surface area is 92.8 Å². The van der Waals surface area contributed by atoms with Crippen molar-refractivity contribution in [3.63, 3.8) is 0 Å². The van der Waals surface area contributed by atoms with E-state index in [0.717, 1.165) is 6.42 Å². The van der Waals surface area contributed by atoms with Crippen LogP contribution in [0.5, 0.6) is 5.75 Å². The van der Waals surface area contributed by atoms with Crippen LogP contribution in [-0.2, 0) is 0 Å². The third-order valence-electron chi connectivity index (χ3n) is 2.00. The predicted octanol–water partition coefficient (Wildman–Crippen LogP) is 1.64. The van der Waals surface area contributed by atoms with Crippen LogP contribution in [-0.4, -0.2) is 18.0 Å². The van der Waals surface area contributed by atoms with Gasteiger partial charge in [0.15, 0.2) is 0 Å². The summed E-state index contributed by atoms with van der Waals surface area (Å²) in [6.45, 7) is 2.49. The van der Waals surface area contributed by atoms with Gasteiger partial charge in [-0.25, -0.2) is 14.2 Å². The van der Waals surface area contributed by atoms with Crippen molar-refractivity contribution in [2.24, 2.45) is 5.84 Å². The molecule has 1 unspecified atom stereocenters. The van der Waals surface area contributed by atoms with Gasteiger partial charge in [-0.15, -0.1) is 0 Å². The maximum Gasteiger partial charge on any atom is 0.259 e. The van der Waals surface area contributed by atoms with E-state index in [9.17, 15) is 8.78 Å². The maximum atomic E-state index is 12.6.